The fourth-order valence-corrected chi connectivity index (χ4v) is 3.55. The Morgan fingerprint density at radius 2 is 1.62 bits per heavy atom. The maximum absolute atomic E-state index is 13.3. The molecular formula is C21H10F4N4O3. The van der Waals surface area contributed by atoms with Gasteiger partial charge in [-0.15, -0.1) is 13.2 Å². The van der Waals surface area contributed by atoms with E-state index in [4.69, 9.17) is 0 Å². The average molecular weight is 442 g/mol. The number of aromatic nitrogens is 3. The van der Waals surface area contributed by atoms with Crippen molar-refractivity contribution in [2.75, 3.05) is 4.90 Å². The molecule has 1 aliphatic rings. The first-order valence-corrected chi connectivity index (χ1v) is 9.10. The molecule has 1 aliphatic heterocycles. The molecule has 11 heteroatoms. The number of amides is 2. The normalized spacial score (nSPS) is 13.7. The highest BCUT2D eigenvalue weighted by atomic mass is 19.4. The Kier molecular flexibility index (Phi) is 4.22. The quantitative estimate of drug-likeness (QED) is 0.374. The largest absolute Gasteiger partial charge is 0.573 e. The molecule has 2 aromatic carbocycles. The number of benzene rings is 2. The molecule has 0 saturated heterocycles. The number of fused-ring (bicyclic) bond motifs is 3. The van der Waals surface area contributed by atoms with Gasteiger partial charge < -0.3 is 4.74 Å². The maximum atomic E-state index is 13.3. The molecule has 2 aromatic heterocycles. The van der Waals surface area contributed by atoms with Gasteiger partial charge in [0.25, 0.3) is 11.8 Å². The first-order chi connectivity index (χ1) is 15.2. The van der Waals surface area contributed by atoms with Crippen LogP contribution in [0.2, 0.25) is 0 Å². The van der Waals surface area contributed by atoms with Gasteiger partial charge in [0, 0.05) is 11.8 Å². The van der Waals surface area contributed by atoms with Gasteiger partial charge in [-0.25, -0.2) is 14.3 Å². The number of halogens is 4. The van der Waals surface area contributed by atoms with Crippen molar-refractivity contribution >= 4 is 28.5 Å². The number of hydrogen-bond donors (Lipinski definition) is 1. The molecule has 0 radical (unpaired) electrons. The molecule has 1 N–H and O–H groups in total. The Morgan fingerprint density at radius 1 is 0.938 bits per heavy atom. The third-order valence-corrected chi connectivity index (χ3v) is 4.89. The van der Waals surface area contributed by atoms with Crippen LogP contribution in [0.4, 0.5) is 23.2 Å². The van der Waals surface area contributed by atoms with Crippen LogP contribution in [0.3, 0.4) is 0 Å². The van der Waals surface area contributed by atoms with E-state index in [1.807, 2.05) is 0 Å². The summed E-state index contributed by atoms with van der Waals surface area (Å²) in [6.07, 6.45) is -3.65. The molecule has 32 heavy (non-hydrogen) atoms. The fourth-order valence-electron chi connectivity index (χ4n) is 3.55. The molecule has 0 saturated carbocycles. The Hall–Kier alpha value is -4.28. The van der Waals surface area contributed by atoms with Gasteiger partial charge in [-0.3, -0.25) is 14.7 Å². The molecule has 3 heterocycles. The Balaban J connectivity index is 1.58. The molecule has 0 bridgehead atoms. The Bertz CT molecular complexity index is 1380. The molecule has 4 aromatic rings. The van der Waals surface area contributed by atoms with Gasteiger partial charge >= 0.3 is 6.36 Å². The topological polar surface area (TPSA) is 88.2 Å². The van der Waals surface area contributed by atoms with E-state index >= 15 is 0 Å². The summed E-state index contributed by atoms with van der Waals surface area (Å²) >= 11 is 0. The highest BCUT2D eigenvalue weighted by molar-refractivity contribution is 6.38. The van der Waals surface area contributed by atoms with Crippen LogP contribution >= 0.6 is 0 Å². The van der Waals surface area contributed by atoms with Crippen molar-refractivity contribution in [1.29, 1.82) is 0 Å². The lowest BCUT2D eigenvalue weighted by molar-refractivity contribution is -0.274. The van der Waals surface area contributed by atoms with Crippen LogP contribution < -0.4 is 9.64 Å². The van der Waals surface area contributed by atoms with Crippen molar-refractivity contribution in [3.05, 3.63) is 71.7 Å². The van der Waals surface area contributed by atoms with E-state index in [1.165, 1.54) is 42.6 Å². The van der Waals surface area contributed by atoms with Gasteiger partial charge in [0.2, 0.25) is 0 Å². The predicted molar refractivity (Wildman–Crippen MR) is 104 cm³/mol. The van der Waals surface area contributed by atoms with Crippen molar-refractivity contribution in [3.63, 3.8) is 0 Å². The van der Waals surface area contributed by atoms with E-state index in [2.05, 4.69) is 19.9 Å². The van der Waals surface area contributed by atoms with E-state index in [-0.39, 0.29) is 27.8 Å². The minimum atomic E-state index is -4.87. The molecular weight excluding hydrogens is 432 g/mol. The monoisotopic (exact) mass is 442 g/mol. The number of hydrogen-bond acceptors (Lipinski definition) is 5. The number of aromatic amines is 1. The molecule has 0 spiro atoms. The zero-order valence-corrected chi connectivity index (χ0v) is 15.8. The third-order valence-electron chi connectivity index (χ3n) is 4.89. The summed E-state index contributed by atoms with van der Waals surface area (Å²) in [7, 11) is 0. The Morgan fingerprint density at radius 3 is 2.28 bits per heavy atom. The van der Waals surface area contributed by atoms with Crippen molar-refractivity contribution in [3.8, 4) is 17.0 Å². The third kappa shape index (κ3) is 3.14. The lowest BCUT2D eigenvalue weighted by Crippen LogP contribution is -2.29. The fraction of sp³-hybridized carbons (Fsp3) is 0.0476. The second-order valence-electron chi connectivity index (χ2n) is 6.84. The zero-order chi connectivity index (χ0) is 22.6. The molecule has 2 amide bonds. The number of imide groups is 1. The van der Waals surface area contributed by atoms with Gasteiger partial charge in [0.1, 0.15) is 11.6 Å². The molecule has 0 aliphatic carbocycles. The summed E-state index contributed by atoms with van der Waals surface area (Å²) in [4.78, 5) is 31.1. The summed E-state index contributed by atoms with van der Waals surface area (Å²) in [5.74, 6) is -2.31. The van der Waals surface area contributed by atoms with Crippen LogP contribution in [-0.4, -0.2) is 33.4 Å². The number of pyridine rings is 1. The number of nitrogens with zero attached hydrogens (tertiary/aromatic N) is 3. The number of H-pyrrole nitrogens is 1. The highest BCUT2D eigenvalue weighted by Gasteiger charge is 2.40. The average Bonchev–Trinajstić information content (AvgIpc) is 3.27. The summed E-state index contributed by atoms with van der Waals surface area (Å²) in [5.41, 5.74) is 1.20. The van der Waals surface area contributed by atoms with Crippen molar-refractivity contribution in [1.82, 2.24) is 15.2 Å². The van der Waals surface area contributed by atoms with E-state index in [1.54, 1.807) is 0 Å². The molecule has 160 valence electrons. The number of rotatable bonds is 3. The van der Waals surface area contributed by atoms with Gasteiger partial charge in [-0.2, -0.15) is 5.10 Å². The number of nitrogens with one attached hydrogen (secondary N) is 1. The van der Waals surface area contributed by atoms with Gasteiger partial charge in [0.05, 0.1) is 27.9 Å². The first kappa shape index (κ1) is 19.7. The SMILES string of the molecule is O=C1c2cnc3n[nH]c(-c4ccc(F)cc4)c3c2C(=O)N1c1ccc(OC(F)(F)F)cc1. The van der Waals surface area contributed by atoms with Crippen LogP contribution in [-0.2, 0) is 0 Å². The standard InChI is InChI=1S/C21H10F4N4O3/c22-11-3-1-10(2-4-11)17-16-15-14(9-26-18(16)28-27-17)19(30)29(20(15)31)12-5-7-13(8-6-12)32-21(23,24)25/h1-9H,(H,26,27,28). The predicted octanol–water partition coefficient (Wildman–Crippen LogP) is 4.46. The molecule has 0 atom stereocenters. The van der Waals surface area contributed by atoms with Crippen LogP contribution in [0.5, 0.6) is 5.75 Å². The van der Waals surface area contributed by atoms with Gasteiger partial charge in [0.15, 0.2) is 5.65 Å². The molecule has 0 fully saturated rings. The van der Waals surface area contributed by atoms with Crippen LogP contribution in [0.1, 0.15) is 20.7 Å². The highest BCUT2D eigenvalue weighted by Crippen LogP contribution is 2.37. The van der Waals surface area contributed by atoms with Gasteiger partial charge in [-0.05, 0) is 48.5 Å². The minimum absolute atomic E-state index is 0.0166. The summed E-state index contributed by atoms with van der Waals surface area (Å²) in [5, 5.41) is 7.11. The molecule has 5 rings (SSSR count). The van der Waals surface area contributed by atoms with Crippen molar-refractivity contribution in [2.24, 2.45) is 0 Å². The lowest BCUT2D eigenvalue weighted by Gasteiger charge is -2.15. The molecule has 7 nitrogen and oxygen atoms in total. The van der Waals surface area contributed by atoms with E-state index < -0.39 is 29.7 Å². The van der Waals surface area contributed by atoms with Crippen LogP contribution in [0.25, 0.3) is 22.3 Å². The Labute approximate surface area is 176 Å². The number of anilines is 1. The van der Waals surface area contributed by atoms with Gasteiger partial charge in [-0.1, -0.05) is 0 Å². The van der Waals surface area contributed by atoms with Crippen LogP contribution in [0.15, 0.2) is 54.7 Å². The maximum Gasteiger partial charge on any atom is 0.573 e. The lowest BCUT2D eigenvalue weighted by atomic mass is 10.0. The second-order valence-corrected chi connectivity index (χ2v) is 6.84. The second kappa shape index (κ2) is 6.87. The number of carbonyl (C=O) groups excluding carboxylic acids is 2. The summed E-state index contributed by atoms with van der Waals surface area (Å²) in [6, 6.07) is 9.79. The zero-order valence-electron chi connectivity index (χ0n) is 15.8. The van der Waals surface area contributed by atoms with E-state index in [9.17, 15) is 27.2 Å². The summed E-state index contributed by atoms with van der Waals surface area (Å²) < 4.78 is 54.3. The summed E-state index contributed by atoms with van der Waals surface area (Å²) in [6.45, 7) is 0. The first-order valence-electron chi connectivity index (χ1n) is 9.10. The van der Waals surface area contributed by atoms with Crippen molar-refractivity contribution in [2.45, 2.75) is 6.36 Å². The minimum Gasteiger partial charge on any atom is -0.406 e. The molecule has 0 unspecified atom stereocenters. The number of ether oxygens (including phenoxy) is 1. The van der Waals surface area contributed by atoms with E-state index in [0.717, 1.165) is 17.0 Å². The smallest absolute Gasteiger partial charge is 0.406 e. The van der Waals surface area contributed by atoms with E-state index in [0.29, 0.717) is 11.3 Å². The number of alkyl halides is 3. The van der Waals surface area contributed by atoms with Crippen LogP contribution in [0, 0.1) is 5.82 Å². The van der Waals surface area contributed by atoms with Crippen molar-refractivity contribution < 1.29 is 31.9 Å². The number of carbonyl (C=O) groups is 2.